The first-order valence-electron chi connectivity index (χ1n) is 10.5. The van der Waals surface area contributed by atoms with Gasteiger partial charge < -0.3 is 42.3 Å². The van der Waals surface area contributed by atoms with Crippen LogP contribution in [0.2, 0.25) is 5.02 Å². The Balaban J connectivity index is 0.00000181. The highest BCUT2D eigenvalue weighted by Gasteiger charge is 2.38. The number of hydrogen-bond acceptors (Lipinski definition) is 8. The standard InChI is InChI=1S/C18H24ClN5O7S.C2HF3O2/c19-10-1-3-11(4-2-10)23-18(31)22-9-32-8-13(16(28)21-7-15(26)27)24-14(25)6-5-12(20)17(29)30;3-2(4,5)1(6)7/h1-4,12-13H,5-9,20H2,(H,21,28)(H,24,25)(H,26,27)(H,29,30)(H2,22,23,31);(H,6,7). The molecule has 1 aromatic carbocycles. The van der Waals surface area contributed by atoms with Crippen molar-refractivity contribution in [2.24, 2.45) is 5.73 Å². The number of anilines is 1. The Bertz CT molecular complexity index is 1020. The van der Waals surface area contributed by atoms with Crippen molar-refractivity contribution in [2.75, 3.05) is 23.5 Å². The number of nitrogens with two attached hydrogens (primary N) is 1. The Morgan fingerprint density at radius 1 is 1.00 bits per heavy atom. The van der Waals surface area contributed by atoms with Crippen LogP contribution in [0.4, 0.5) is 23.7 Å². The van der Waals surface area contributed by atoms with E-state index in [0.29, 0.717) is 10.7 Å². The predicted molar refractivity (Wildman–Crippen MR) is 132 cm³/mol. The average molecular weight is 604 g/mol. The second-order valence-electron chi connectivity index (χ2n) is 7.17. The van der Waals surface area contributed by atoms with Crippen molar-refractivity contribution in [3.63, 3.8) is 0 Å². The van der Waals surface area contributed by atoms with E-state index in [9.17, 15) is 37.1 Å². The van der Waals surface area contributed by atoms with E-state index in [2.05, 4.69) is 21.3 Å². The van der Waals surface area contributed by atoms with Crippen molar-refractivity contribution in [3.05, 3.63) is 29.3 Å². The molecule has 0 spiro atoms. The molecule has 9 N–H and O–H groups in total. The fourth-order valence-corrected chi connectivity index (χ4v) is 3.09. The molecule has 0 aliphatic rings. The van der Waals surface area contributed by atoms with Gasteiger partial charge in [-0.15, -0.1) is 11.8 Å². The van der Waals surface area contributed by atoms with Crippen LogP contribution >= 0.6 is 23.4 Å². The number of carbonyl (C=O) groups excluding carboxylic acids is 3. The fourth-order valence-electron chi connectivity index (χ4n) is 2.15. The Hall–Kier alpha value is -3.77. The molecule has 0 aromatic heterocycles. The second kappa shape index (κ2) is 17.7. The summed E-state index contributed by atoms with van der Waals surface area (Å²) >= 11 is 6.87. The minimum Gasteiger partial charge on any atom is -0.480 e. The number of carboxylic acid groups (broad SMARTS) is 3. The zero-order chi connectivity index (χ0) is 30.2. The minimum atomic E-state index is -5.08. The number of carbonyl (C=O) groups is 6. The summed E-state index contributed by atoms with van der Waals surface area (Å²) in [5.74, 6) is -6.53. The van der Waals surface area contributed by atoms with Gasteiger partial charge in [0.2, 0.25) is 11.8 Å². The normalized spacial score (nSPS) is 12.0. The summed E-state index contributed by atoms with van der Waals surface area (Å²) in [6.07, 6.45) is -5.45. The van der Waals surface area contributed by atoms with Crippen molar-refractivity contribution < 1.29 is 57.3 Å². The summed E-state index contributed by atoms with van der Waals surface area (Å²) in [6.45, 7) is -0.637. The van der Waals surface area contributed by atoms with Gasteiger partial charge in [-0.25, -0.2) is 9.59 Å². The Morgan fingerprint density at radius 3 is 2.05 bits per heavy atom. The number of alkyl halides is 3. The highest BCUT2D eigenvalue weighted by molar-refractivity contribution is 7.99. The second-order valence-corrected chi connectivity index (χ2v) is 8.64. The number of nitrogens with one attached hydrogen (secondary N) is 4. The number of hydrogen-bond donors (Lipinski definition) is 8. The molecule has 1 aromatic rings. The fraction of sp³-hybridized carbons (Fsp3) is 0.400. The third-order valence-corrected chi connectivity index (χ3v) is 5.20. The molecule has 4 amide bonds. The summed E-state index contributed by atoms with van der Waals surface area (Å²) in [4.78, 5) is 66.4. The molecule has 14 nitrogen and oxygen atoms in total. The maximum absolute atomic E-state index is 12.2. The molecule has 39 heavy (non-hydrogen) atoms. The monoisotopic (exact) mass is 603 g/mol. The van der Waals surface area contributed by atoms with Crippen LogP contribution in [0.1, 0.15) is 12.8 Å². The molecule has 1 rings (SSSR count). The van der Waals surface area contributed by atoms with E-state index in [0.717, 1.165) is 11.8 Å². The summed E-state index contributed by atoms with van der Waals surface area (Å²) in [7, 11) is 0. The van der Waals surface area contributed by atoms with Crippen molar-refractivity contribution in [2.45, 2.75) is 31.1 Å². The van der Waals surface area contributed by atoms with Crippen molar-refractivity contribution >= 4 is 64.8 Å². The van der Waals surface area contributed by atoms with Crippen LogP contribution in [0.25, 0.3) is 0 Å². The van der Waals surface area contributed by atoms with E-state index in [4.69, 9.17) is 37.4 Å². The van der Waals surface area contributed by atoms with Gasteiger partial charge in [-0.1, -0.05) is 11.6 Å². The maximum Gasteiger partial charge on any atom is 0.490 e. The lowest BCUT2D eigenvalue weighted by atomic mass is 10.1. The molecule has 0 saturated heterocycles. The Kier molecular flexibility index (Phi) is 16.0. The molecule has 2 atom stereocenters. The van der Waals surface area contributed by atoms with Crippen LogP contribution < -0.4 is 27.0 Å². The van der Waals surface area contributed by atoms with Crippen LogP contribution in [0, 0.1) is 0 Å². The third kappa shape index (κ3) is 17.4. The lowest BCUT2D eigenvalue weighted by Crippen LogP contribution is -2.49. The van der Waals surface area contributed by atoms with Gasteiger partial charge in [0.25, 0.3) is 0 Å². The molecule has 218 valence electrons. The summed E-state index contributed by atoms with van der Waals surface area (Å²) < 4.78 is 31.7. The number of amides is 4. The lowest BCUT2D eigenvalue weighted by Gasteiger charge is -2.18. The SMILES string of the molecule is NC(CCC(=O)NC(CSCNC(=O)Nc1ccc(Cl)cc1)C(=O)NCC(=O)O)C(=O)O.O=C(O)C(F)(F)F. The molecule has 0 aliphatic carbocycles. The largest absolute Gasteiger partial charge is 0.490 e. The van der Waals surface area contributed by atoms with Crippen LogP contribution in [0.3, 0.4) is 0 Å². The van der Waals surface area contributed by atoms with Gasteiger partial charge in [-0.2, -0.15) is 13.2 Å². The first-order valence-corrected chi connectivity index (χ1v) is 12.0. The van der Waals surface area contributed by atoms with E-state index in [-0.39, 0.29) is 24.5 Å². The number of carboxylic acids is 3. The van der Waals surface area contributed by atoms with E-state index >= 15 is 0 Å². The van der Waals surface area contributed by atoms with E-state index in [1.807, 2.05) is 0 Å². The van der Waals surface area contributed by atoms with Crippen molar-refractivity contribution in [1.82, 2.24) is 16.0 Å². The predicted octanol–water partition coefficient (Wildman–Crippen LogP) is 0.663. The topological polar surface area (TPSA) is 237 Å². The zero-order valence-electron chi connectivity index (χ0n) is 19.8. The summed E-state index contributed by atoms with van der Waals surface area (Å²) in [5.41, 5.74) is 5.87. The number of thioether (sulfide) groups is 1. The molecule has 0 heterocycles. The molecule has 19 heteroatoms. The number of benzene rings is 1. The first kappa shape index (κ1) is 35.2. The third-order valence-electron chi connectivity index (χ3n) is 4.03. The quantitative estimate of drug-likeness (QED) is 0.115. The minimum absolute atomic E-state index is 0.0173. The molecule has 0 fully saturated rings. The lowest BCUT2D eigenvalue weighted by molar-refractivity contribution is -0.192. The van der Waals surface area contributed by atoms with Crippen LogP contribution in [0.5, 0.6) is 0 Å². The number of halogens is 4. The van der Waals surface area contributed by atoms with E-state index in [1.165, 1.54) is 0 Å². The molecular formula is C20H25ClF3N5O9S. The van der Waals surface area contributed by atoms with E-state index in [1.54, 1.807) is 24.3 Å². The van der Waals surface area contributed by atoms with Crippen LogP contribution in [-0.2, 0) is 24.0 Å². The molecule has 2 unspecified atom stereocenters. The highest BCUT2D eigenvalue weighted by atomic mass is 35.5. The van der Waals surface area contributed by atoms with E-state index < -0.39 is 60.6 Å². The Labute approximate surface area is 227 Å². The number of urea groups is 1. The van der Waals surface area contributed by atoms with Gasteiger partial charge in [0.05, 0.1) is 5.88 Å². The maximum atomic E-state index is 12.2. The van der Waals surface area contributed by atoms with Crippen LogP contribution in [0.15, 0.2) is 24.3 Å². The van der Waals surface area contributed by atoms with Gasteiger partial charge in [-0.3, -0.25) is 19.2 Å². The van der Waals surface area contributed by atoms with Crippen molar-refractivity contribution in [3.8, 4) is 0 Å². The van der Waals surface area contributed by atoms with Gasteiger partial charge in [0.15, 0.2) is 0 Å². The highest BCUT2D eigenvalue weighted by Crippen LogP contribution is 2.14. The molecular weight excluding hydrogens is 579 g/mol. The smallest absolute Gasteiger partial charge is 0.480 e. The van der Waals surface area contributed by atoms with Crippen LogP contribution in [-0.4, -0.2) is 87.5 Å². The summed E-state index contributed by atoms with van der Waals surface area (Å²) in [5, 5.41) is 34.8. The molecule has 0 bridgehead atoms. The van der Waals surface area contributed by atoms with Gasteiger partial charge in [-0.05, 0) is 30.7 Å². The van der Waals surface area contributed by atoms with Gasteiger partial charge in [0.1, 0.15) is 18.6 Å². The zero-order valence-corrected chi connectivity index (χ0v) is 21.4. The Morgan fingerprint density at radius 2 is 1.56 bits per heavy atom. The molecule has 0 aliphatic heterocycles. The average Bonchev–Trinajstić information content (AvgIpc) is 2.83. The number of aliphatic carboxylic acids is 3. The van der Waals surface area contributed by atoms with Gasteiger partial charge in [0, 0.05) is 22.9 Å². The van der Waals surface area contributed by atoms with Gasteiger partial charge >= 0.3 is 30.1 Å². The summed E-state index contributed by atoms with van der Waals surface area (Å²) in [6, 6.07) is 3.62. The first-order chi connectivity index (χ1) is 18.0. The molecule has 0 radical (unpaired) electrons. The van der Waals surface area contributed by atoms with Crippen molar-refractivity contribution in [1.29, 1.82) is 0 Å². The number of rotatable bonds is 13. The molecule has 0 saturated carbocycles.